The van der Waals surface area contributed by atoms with Gasteiger partial charge in [0.15, 0.2) is 0 Å². The summed E-state index contributed by atoms with van der Waals surface area (Å²) >= 11 is 0. The van der Waals surface area contributed by atoms with E-state index in [0.717, 1.165) is 0 Å². The van der Waals surface area contributed by atoms with E-state index in [1.165, 1.54) is 0 Å². The van der Waals surface area contributed by atoms with E-state index in [-0.39, 0.29) is 32.7 Å². The van der Waals surface area contributed by atoms with E-state index in [4.69, 9.17) is 20.4 Å². The summed E-state index contributed by atoms with van der Waals surface area (Å²) in [5, 5.41) is 18.9. The van der Waals surface area contributed by atoms with Gasteiger partial charge in [0.2, 0.25) is 0 Å². The van der Waals surface area contributed by atoms with Gasteiger partial charge in [0.05, 0.1) is 35.0 Å². The van der Waals surface area contributed by atoms with Crippen molar-refractivity contribution in [1.29, 1.82) is 0 Å². The number of aliphatic hydroxyl groups is 2. The average molecular weight is 300 g/mol. The average Bonchev–Trinajstić information content (AvgIpc) is 2.48. The molecule has 2 unspecified atom stereocenters. The van der Waals surface area contributed by atoms with Crippen LogP contribution in [0.4, 0.5) is 0 Å². The number of ether oxygens (including phenoxy) is 2. The van der Waals surface area contributed by atoms with Crippen molar-refractivity contribution in [1.82, 2.24) is 0 Å². The van der Waals surface area contributed by atoms with E-state index in [0.29, 0.717) is 25.8 Å². The number of rotatable bonds is 14. The van der Waals surface area contributed by atoms with Crippen LogP contribution in [-0.2, 0) is 24.0 Å². The molecule has 0 aromatic rings. The Balaban J connectivity index is 3.35. The molecule has 0 fully saturated rings. The van der Waals surface area contributed by atoms with Crippen LogP contribution >= 0.6 is 0 Å². The maximum absolute atomic E-state index is 10.8. The third-order valence-corrected chi connectivity index (χ3v) is 2.28. The Morgan fingerprint density at radius 3 is 2.43 bits per heavy atom. The molecule has 2 atom stereocenters. The third kappa shape index (κ3) is 14.1. The topological polar surface area (TPSA) is 94.5 Å². The van der Waals surface area contributed by atoms with Crippen molar-refractivity contribution < 1.29 is 34.3 Å². The first-order valence-electron chi connectivity index (χ1n) is 6.84. The molecule has 2 N–H and O–H groups in total. The predicted molar refractivity (Wildman–Crippen MR) is 76.1 cm³/mol. The fourth-order valence-corrected chi connectivity index (χ4v) is 1.25. The first-order chi connectivity index (χ1) is 10.1. The molecular weight excluding hydrogens is 278 g/mol. The second kappa shape index (κ2) is 14.3. The molecule has 21 heavy (non-hydrogen) atoms. The molecule has 0 rings (SSSR count). The van der Waals surface area contributed by atoms with Crippen LogP contribution in [0.25, 0.3) is 0 Å². The Bertz CT molecular complexity index is 256. The van der Waals surface area contributed by atoms with Crippen LogP contribution in [0, 0.1) is 0 Å². The lowest BCUT2D eigenvalue weighted by molar-refractivity contribution is -0.303. The molecule has 9 heteroatoms. The maximum Gasteiger partial charge on any atom is 0.297 e. The molecule has 0 saturated heterocycles. The van der Waals surface area contributed by atoms with Crippen molar-refractivity contribution in [3.63, 3.8) is 0 Å². The minimum absolute atomic E-state index is 0.00232. The van der Waals surface area contributed by atoms with Gasteiger partial charge in [-0.3, -0.25) is 4.79 Å². The molecule has 0 aliphatic rings. The van der Waals surface area contributed by atoms with Crippen molar-refractivity contribution in [2.24, 2.45) is 0 Å². The summed E-state index contributed by atoms with van der Waals surface area (Å²) in [5.74, 6) is -0.551. The van der Waals surface area contributed by atoms with Gasteiger partial charge in [-0.15, -0.1) is 0 Å². The first kappa shape index (κ1) is 20.4. The van der Waals surface area contributed by atoms with Gasteiger partial charge in [0.1, 0.15) is 19.3 Å². The normalized spacial score (nSPS) is 13.8. The molecule has 0 heterocycles. The summed E-state index contributed by atoms with van der Waals surface area (Å²) in [7, 11) is 10.2. The highest BCUT2D eigenvalue weighted by atomic mass is 17.2. The van der Waals surface area contributed by atoms with E-state index < -0.39 is 18.2 Å². The minimum atomic E-state index is -0.793. The van der Waals surface area contributed by atoms with Crippen LogP contribution in [0.15, 0.2) is 0 Å². The quantitative estimate of drug-likeness (QED) is 0.142. The van der Waals surface area contributed by atoms with E-state index in [1.807, 2.05) is 0 Å². The van der Waals surface area contributed by atoms with Crippen LogP contribution in [0.2, 0.25) is 12.6 Å². The van der Waals surface area contributed by atoms with E-state index in [9.17, 15) is 15.0 Å². The molecule has 0 amide bonds. The summed E-state index contributed by atoms with van der Waals surface area (Å²) in [5.41, 5.74) is 0. The molecule has 0 aromatic carbocycles. The van der Waals surface area contributed by atoms with Crippen LogP contribution in [-0.4, -0.2) is 77.1 Å². The lowest BCUT2D eigenvalue weighted by Crippen LogP contribution is -2.23. The Labute approximate surface area is 127 Å². The standard InChI is InChI=1S/C12H22B2O7/c13-3-5-20-21-9-11(16)7-18-4-1-2-10(15)8-19-12(17)6-14/h10-11,15-16H,1-9H2. The monoisotopic (exact) mass is 300 g/mol. The number of carbonyl (C=O) groups is 1. The van der Waals surface area contributed by atoms with Gasteiger partial charge < -0.3 is 19.7 Å². The minimum Gasteiger partial charge on any atom is -0.463 e. The van der Waals surface area contributed by atoms with Gasteiger partial charge >= 0.3 is 0 Å². The second-order valence-corrected chi connectivity index (χ2v) is 4.31. The Kier molecular flexibility index (Phi) is 13.9. The maximum atomic E-state index is 10.8. The van der Waals surface area contributed by atoms with Gasteiger partial charge in [0, 0.05) is 12.9 Å². The molecule has 0 aliphatic heterocycles. The van der Waals surface area contributed by atoms with Crippen molar-refractivity contribution in [3.8, 4) is 0 Å². The number of hydrogen-bond donors (Lipinski definition) is 2. The second-order valence-electron chi connectivity index (χ2n) is 4.31. The number of esters is 1. The first-order valence-corrected chi connectivity index (χ1v) is 6.84. The zero-order valence-corrected chi connectivity index (χ0v) is 12.1. The lowest BCUT2D eigenvalue weighted by atomic mass is 10.1. The highest BCUT2D eigenvalue weighted by Crippen LogP contribution is 2.00. The van der Waals surface area contributed by atoms with Crippen molar-refractivity contribution >= 4 is 21.7 Å². The molecule has 118 valence electrons. The van der Waals surface area contributed by atoms with E-state index in [2.05, 4.69) is 14.5 Å². The summed E-state index contributed by atoms with van der Waals surface area (Å²) in [6.45, 7) is 0.649. The number of aliphatic hydroxyl groups excluding tert-OH is 2. The fraction of sp³-hybridized carbons (Fsp3) is 0.917. The Morgan fingerprint density at radius 2 is 1.76 bits per heavy atom. The Morgan fingerprint density at radius 1 is 1.00 bits per heavy atom. The third-order valence-electron chi connectivity index (χ3n) is 2.28. The largest absolute Gasteiger partial charge is 0.463 e. The molecule has 4 radical (unpaired) electrons. The summed E-state index contributed by atoms with van der Waals surface area (Å²) in [6, 6.07) is 0. The number of hydrogen-bond acceptors (Lipinski definition) is 7. The SMILES string of the molecule is [B]CCOOCC(O)COCCCC(O)COC(=O)C[B]. The summed E-state index contributed by atoms with van der Waals surface area (Å²) < 4.78 is 9.88. The highest BCUT2D eigenvalue weighted by Gasteiger charge is 2.08. The van der Waals surface area contributed by atoms with Gasteiger partial charge in [-0.2, -0.15) is 0 Å². The molecule has 0 spiro atoms. The van der Waals surface area contributed by atoms with Crippen molar-refractivity contribution in [2.45, 2.75) is 37.7 Å². The molecule has 0 saturated carbocycles. The van der Waals surface area contributed by atoms with Crippen LogP contribution in [0.1, 0.15) is 12.8 Å². The van der Waals surface area contributed by atoms with Crippen LogP contribution < -0.4 is 0 Å². The molecule has 0 aliphatic carbocycles. The smallest absolute Gasteiger partial charge is 0.297 e. The number of carbonyl (C=O) groups excluding carboxylic acids is 1. The molecule has 0 aromatic heterocycles. The molecule has 0 bridgehead atoms. The van der Waals surface area contributed by atoms with E-state index in [1.54, 1.807) is 0 Å². The Hall–Kier alpha value is -0.600. The van der Waals surface area contributed by atoms with Gasteiger partial charge in [-0.05, 0) is 12.8 Å². The highest BCUT2D eigenvalue weighted by molar-refractivity contribution is 6.18. The van der Waals surface area contributed by atoms with Crippen molar-refractivity contribution in [2.75, 3.05) is 33.0 Å². The van der Waals surface area contributed by atoms with E-state index >= 15 is 0 Å². The summed E-state index contributed by atoms with van der Waals surface area (Å²) in [6.07, 6.45) is -0.414. The fourth-order valence-electron chi connectivity index (χ4n) is 1.25. The predicted octanol–water partition coefficient (Wildman–Crippen LogP) is -0.830. The van der Waals surface area contributed by atoms with Gasteiger partial charge in [-0.1, -0.05) is 6.32 Å². The van der Waals surface area contributed by atoms with Gasteiger partial charge in [-0.25, -0.2) is 9.78 Å². The zero-order valence-electron chi connectivity index (χ0n) is 12.1. The van der Waals surface area contributed by atoms with Crippen molar-refractivity contribution in [3.05, 3.63) is 0 Å². The summed E-state index contributed by atoms with van der Waals surface area (Å²) in [4.78, 5) is 20.1. The molecule has 7 nitrogen and oxygen atoms in total. The van der Waals surface area contributed by atoms with Crippen LogP contribution in [0.5, 0.6) is 0 Å². The zero-order chi connectivity index (χ0) is 15.9. The van der Waals surface area contributed by atoms with Gasteiger partial charge in [0.25, 0.3) is 5.97 Å². The lowest BCUT2D eigenvalue weighted by Gasteiger charge is -2.13. The molecular formula is C12H22B2O7. The van der Waals surface area contributed by atoms with Crippen LogP contribution in [0.3, 0.4) is 0 Å².